The molecule has 0 spiro atoms. The smallest absolute Gasteiger partial charge is 0.245 e. The average molecular weight is 359 g/mol. The number of carbonyl (C=O) groups is 2. The van der Waals surface area contributed by atoms with Gasteiger partial charge in [-0.2, -0.15) is 0 Å². The minimum atomic E-state index is -0.485. The summed E-state index contributed by atoms with van der Waals surface area (Å²) in [5, 5.41) is 2.89. The zero-order chi connectivity index (χ0) is 18.0. The highest BCUT2D eigenvalue weighted by Crippen LogP contribution is 2.20. The Balaban J connectivity index is 1.68. The molecule has 1 saturated heterocycles. The molecule has 3 rings (SSSR count). The molecule has 6 nitrogen and oxygen atoms in total. The Morgan fingerprint density at radius 1 is 1.24 bits per heavy atom. The molecular weight excluding hydrogens is 338 g/mol. The molecule has 25 heavy (non-hydrogen) atoms. The van der Waals surface area contributed by atoms with Crippen LogP contribution in [0.25, 0.3) is 0 Å². The molecule has 1 atom stereocenters. The van der Waals surface area contributed by atoms with E-state index in [2.05, 4.69) is 4.98 Å². The number of thiazole rings is 1. The van der Waals surface area contributed by atoms with Gasteiger partial charge in [-0.25, -0.2) is 4.98 Å². The first kappa shape index (κ1) is 17.4. The SMILES string of the molecule is COc1ccc(CN2CC(=O)N(Cc3csc(C)n3)[C@@H](C)C2=O)cc1. The Morgan fingerprint density at radius 2 is 1.96 bits per heavy atom. The van der Waals surface area contributed by atoms with Gasteiger partial charge < -0.3 is 14.5 Å². The van der Waals surface area contributed by atoms with Gasteiger partial charge in [-0.1, -0.05) is 12.1 Å². The van der Waals surface area contributed by atoms with Crippen molar-refractivity contribution in [1.82, 2.24) is 14.8 Å². The molecule has 0 unspecified atom stereocenters. The lowest BCUT2D eigenvalue weighted by Crippen LogP contribution is -2.58. The van der Waals surface area contributed by atoms with Crippen LogP contribution >= 0.6 is 11.3 Å². The molecule has 0 radical (unpaired) electrons. The second-order valence-corrected chi connectivity index (χ2v) is 7.16. The summed E-state index contributed by atoms with van der Waals surface area (Å²) in [6.07, 6.45) is 0. The maximum absolute atomic E-state index is 12.7. The molecule has 1 aromatic heterocycles. The fourth-order valence-electron chi connectivity index (χ4n) is 2.91. The van der Waals surface area contributed by atoms with E-state index in [4.69, 9.17) is 4.74 Å². The van der Waals surface area contributed by atoms with Crippen molar-refractivity contribution < 1.29 is 14.3 Å². The van der Waals surface area contributed by atoms with Crippen LogP contribution in [0.2, 0.25) is 0 Å². The zero-order valence-electron chi connectivity index (χ0n) is 14.6. The van der Waals surface area contributed by atoms with Gasteiger partial charge in [0.05, 0.1) is 24.4 Å². The lowest BCUT2D eigenvalue weighted by atomic mass is 10.1. The fourth-order valence-corrected chi connectivity index (χ4v) is 3.51. The van der Waals surface area contributed by atoms with E-state index in [1.165, 1.54) is 0 Å². The van der Waals surface area contributed by atoms with Crippen LogP contribution in [0.5, 0.6) is 5.75 Å². The van der Waals surface area contributed by atoms with Crippen molar-refractivity contribution in [3.05, 3.63) is 45.9 Å². The first-order valence-corrected chi connectivity index (χ1v) is 8.98. The number of rotatable bonds is 5. The third-order valence-corrected chi connectivity index (χ3v) is 5.14. The number of ether oxygens (including phenoxy) is 1. The topological polar surface area (TPSA) is 62.7 Å². The first-order chi connectivity index (χ1) is 12.0. The van der Waals surface area contributed by atoms with Gasteiger partial charge in [-0.05, 0) is 31.5 Å². The summed E-state index contributed by atoms with van der Waals surface area (Å²) in [6, 6.07) is 7.04. The van der Waals surface area contributed by atoms with Gasteiger partial charge >= 0.3 is 0 Å². The highest BCUT2D eigenvalue weighted by Gasteiger charge is 2.36. The van der Waals surface area contributed by atoms with Crippen molar-refractivity contribution >= 4 is 23.2 Å². The molecule has 1 fully saturated rings. The molecule has 1 aromatic carbocycles. The van der Waals surface area contributed by atoms with E-state index in [-0.39, 0.29) is 18.4 Å². The molecule has 2 heterocycles. The molecule has 0 aliphatic carbocycles. The van der Waals surface area contributed by atoms with Gasteiger partial charge in [-0.15, -0.1) is 11.3 Å². The maximum atomic E-state index is 12.7. The van der Waals surface area contributed by atoms with Gasteiger partial charge in [0.2, 0.25) is 11.8 Å². The van der Waals surface area contributed by atoms with E-state index in [0.717, 1.165) is 22.0 Å². The number of carbonyl (C=O) groups excluding carboxylic acids is 2. The molecule has 0 bridgehead atoms. The van der Waals surface area contributed by atoms with Crippen LogP contribution in [0.3, 0.4) is 0 Å². The van der Waals surface area contributed by atoms with E-state index in [1.807, 2.05) is 36.6 Å². The lowest BCUT2D eigenvalue weighted by molar-refractivity contribution is -0.156. The van der Waals surface area contributed by atoms with Gasteiger partial charge in [0.25, 0.3) is 0 Å². The van der Waals surface area contributed by atoms with Gasteiger partial charge in [0.1, 0.15) is 18.3 Å². The predicted molar refractivity (Wildman–Crippen MR) is 95.3 cm³/mol. The summed E-state index contributed by atoms with van der Waals surface area (Å²) in [5.74, 6) is 0.677. The Bertz CT molecular complexity index is 772. The number of hydrogen-bond acceptors (Lipinski definition) is 5. The van der Waals surface area contributed by atoms with E-state index in [1.54, 1.807) is 35.2 Å². The number of nitrogens with zero attached hydrogens (tertiary/aromatic N) is 3. The number of hydrogen-bond donors (Lipinski definition) is 0. The third kappa shape index (κ3) is 3.82. The summed E-state index contributed by atoms with van der Waals surface area (Å²) in [5.41, 5.74) is 1.80. The standard InChI is InChI=1S/C18H21N3O3S/c1-12-18(23)20(8-14-4-6-16(24-3)7-5-14)10-17(22)21(12)9-15-11-25-13(2)19-15/h4-7,11-12H,8-10H2,1-3H3/t12-/m0/s1. The van der Waals surface area contributed by atoms with Crippen LogP contribution in [0.15, 0.2) is 29.6 Å². The quantitative estimate of drug-likeness (QED) is 0.821. The van der Waals surface area contributed by atoms with E-state index < -0.39 is 6.04 Å². The zero-order valence-corrected chi connectivity index (χ0v) is 15.4. The number of aromatic nitrogens is 1. The number of aryl methyl sites for hydroxylation is 1. The molecule has 132 valence electrons. The summed E-state index contributed by atoms with van der Waals surface area (Å²) in [6.45, 7) is 4.60. The van der Waals surface area contributed by atoms with Crippen LogP contribution in [0.1, 0.15) is 23.2 Å². The molecule has 1 aliphatic rings. The summed E-state index contributed by atoms with van der Waals surface area (Å²) in [7, 11) is 1.61. The molecule has 1 aliphatic heterocycles. The minimum absolute atomic E-state index is 0.0395. The lowest BCUT2D eigenvalue weighted by Gasteiger charge is -2.38. The van der Waals surface area contributed by atoms with E-state index >= 15 is 0 Å². The van der Waals surface area contributed by atoms with Crippen molar-refractivity contribution in [3.63, 3.8) is 0 Å². The first-order valence-electron chi connectivity index (χ1n) is 8.10. The van der Waals surface area contributed by atoms with Crippen LogP contribution in [-0.4, -0.2) is 46.3 Å². The number of piperazine rings is 1. The fraction of sp³-hybridized carbons (Fsp3) is 0.389. The number of methoxy groups -OCH3 is 1. The van der Waals surface area contributed by atoms with Crippen molar-refractivity contribution in [2.75, 3.05) is 13.7 Å². The summed E-state index contributed by atoms with van der Waals surface area (Å²) in [4.78, 5) is 32.9. The van der Waals surface area contributed by atoms with Gasteiger partial charge in [0, 0.05) is 11.9 Å². The summed E-state index contributed by atoms with van der Waals surface area (Å²) < 4.78 is 5.14. The molecule has 2 aromatic rings. The second kappa shape index (κ2) is 7.23. The Labute approximate surface area is 151 Å². The van der Waals surface area contributed by atoms with Gasteiger partial charge in [0.15, 0.2) is 0 Å². The predicted octanol–water partition coefficient (Wildman–Crippen LogP) is 2.22. The third-order valence-electron chi connectivity index (χ3n) is 4.31. The van der Waals surface area contributed by atoms with Crippen molar-refractivity contribution in [1.29, 1.82) is 0 Å². The molecule has 0 N–H and O–H groups in total. The Kier molecular flexibility index (Phi) is 5.03. The van der Waals surface area contributed by atoms with Crippen LogP contribution < -0.4 is 4.74 Å². The molecular formula is C18H21N3O3S. The summed E-state index contributed by atoms with van der Waals surface area (Å²) >= 11 is 1.55. The highest BCUT2D eigenvalue weighted by atomic mass is 32.1. The molecule has 0 saturated carbocycles. The second-order valence-electron chi connectivity index (χ2n) is 6.10. The van der Waals surface area contributed by atoms with Gasteiger partial charge in [-0.3, -0.25) is 9.59 Å². The van der Waals surface area contributed by atoms with Crippen LogP contribution in [0.4, 0.5) is 0 Å². The van der Waals surface area contributed by atoms with Crippen LogP contribution in [0, 0.1) is 6.92 Å². The van der Waals surface area contributed by atoms with Crippen molar-refractivity contribution in [2.24, 2.45) is 0 Å². The Hall–Kier alpha value is -2.41. The normalized spacial score (nSPS) is 18.0. The van der Waals surface area contributed by atoms with E-state index in [9.17, 15) is 9.59 Å². The minimum Gasteiger partial charge on any atom is -0.497 e. The van der Waals surface area contributed by atoms with Crippen molar-refractivity contribution in [2.45, 2.75) is 33.0 Å². The van der Waals surface area contributed by atoms with Crippen molar-refractivity contribution in [3.8, 4) is 5.75 Å². The largest absolute Gasteiger partial charge is 0.497 e. The highest BCUT2D eigenvalue weighted by molar-refractivity contribution is 7.09. The average Bonchev–Trinajstić information content (AvgIpc) is 3.02. The maximum Gasteiger partial charge on any atom is 0.245 e. The molecule has 7 heteroatoms. The van der Waals surface area contributed by atoms with Crippen LogP contribution in [-0.2, 0) is 22.7 Å². The monoisotopic (exact) mass is 359 g/mol. The number of benzene rings is 1. The van der Waals surface area contributed by atoms with E-state index in [0.29, 0.717) is 13.1 Å². The molecule has 2 amide bonds. The number of amides is 2. The Morgan fingerprint density at radius 3 is 2.56 bits per heavy atom.